The minimum Gasteiger partial charge on any atom is -0.323 e. The van der Waals surface area contributed by atoms with Crippen molar-refractivity contribution in [1.82, 2.24) is 15.2 Å². The molecule has 1 aliphatic heterocycles. The Morgan fingerprint density at radius 3 is 2.80 bits per heavy atom. The Hall–Kier alpha value is -2.44. The molecule has 1 aliphatic carbocycles. The molecule has 1 aromatic heterocycles. The van der Waals surface area contributed by atoms with Crippen molar-refractivity contribution in [3.8, 4) is 0 Å². The molecule has 7 nitrogen and oxygen atoms in total. The molecule has 1 atom stereocenters. The van der Waals surface area contributed by atoms with Crippen molar-refractivity contribution in [3.63, 3.8) is 0 Å². The first-order valence-corrected chi connectivity index (χ1v) is 8.57. The minimum absolute atomic E-state index is 0.00766. The van der Waals surface area contributed by atoms with E-state index in [9.17, 15) is 14.4 Å². The SMILES string of the molecule is Cc1ccncc1NC(=O)CN1C(=O)NC2(CCCC(C)(C)C2)C1=O. The molecule has 1 saturated heterocycles. The van der Waals surface area contributed by atoms with Crippen LogP contribution in [0.15, 0.2) is 18.5 Å². The maximum Gasteiger partial charge on any atom is 0.325 e. The molecule has 0 radical (unpaired) electrons. The monoisotopic (exact) mass is 344 g/mol. The highest BCUT2D eigenvalue weighted by Crippen LogP contribution is 2.43. The smallest absolute Gasteiger partial charge is 0.323 e. The summed E-state index contributed by atoms with van der Waals surface area (Å²) in [6, 6.07) is 1.29. The van der Waals surface area contributed by atoms with Gasteiger partial charge in [-0.2, -0.15) is 0 Å². The molecule has 2 fully saturated rings. The van der Waals surface area contributed by atoms with Gasteiger partial charge in [-0.05, 0) is 43.2 Å². The Kier molecular flexibility index (Phi) is 4.26. The van der Waals surface area contributed by atoms with Crippen LogP contribution in [0.2, 0.25) is 0 Å². The first kappa shape index (κ1) is 17.4. The standard InChI is InChI=1S/C18H24N4O3/c1-12-5-8-19-9-13(12)20-14(23)10-22-15(24)18(21-16(22)25)7-4-6-17(2,3)11-18/h5,8-9H,4,6-7,10-11H2,1-3H3,(H,20,23)(H,21,25). The van der Waals surface area contributed by atoms with Crippen LogP contribution in [0.5, 0.6) is 0 Å². The molecule has 1 aromatic rings. The molecule has 134 valence electrons. The van der Waals surface area contributed by atoms with Gasteiger partial charge >= 0.3 is 6.03 Å². The van der Waals surface area contributed by atoms with Gasteiger partial charge in [-0.15, -0.1) is 0 Å². The number of aryl methyl sites for hydroxylation is 1. The summed E-state index contributed by atoms with van der Waals surface area (Å²) < 4.78 is 0. The number of hydrogen-bond donors (Lipinski definition) is 2. The molecule has 1 unspecified atom stereocenters. The van der Waals surface area contributed by atoms with E-state index in [0.29, 0.717) is 18.5 Å². The normalized spacial score (nSPS) is 25.2. The fourth-order valence-corrected chi connectivity index (χ4v) is 3.90. The number of carbonyl (C=O) groups excluding carboxylic acids is 3. The lowest BCUT2D eigenvalue weighted by atomic mass is 9.68. The Balaban J connectivity index is 1.71. The lowest BCUT2D eigenvalue weighted by Crippen LogP contribution is -2.52. The Labute approximate surface area is 147 Å². The lowest BCUT2D eigenvalue weighted by molar-refractivity contribution is -0.136. The first-order chi connectivity index (χ1) is 11.7. The summed E-state index contributed by atoms with van der Waals surface area (Å²) >= 11 is 0. The second-order valence-corrected chi connectivity index (χ2v) is 7.84. The van der Waals surface area contributed by atoms with E-state index in [4.69, 9.17) is 0 Å². The van der Waals surface area contributed by atoms with Gasteiger partial charge in [0.1, 0.15) is 12.1 Å². The molecule has 1 saturated carbocycles. The van der Waals surface area contributed by atoms with Crippen LogP contribution in [0.4, 0.5) is 10.5 Å². The van der Waals surface area contributed by atoms with Gasteiger partial charge < -0.3 is 10.6 Å². The number of aromatic nitrogens is 1. The van der Waals surface area contributed by atoms with E-state index >= 15 is 0 Å². The van der Waals surface area contributed by atoms with Gasteiger partial charge in [0.25, 0.3) is 5.91 Å². The Bertz CT molecular complexity index is 731. The summed E-state index contributed by atoms with van der Waals surface area (Å²) in [4.78, 5) is 42.5. The molecule has 2 aliphatic rings. The molecule has 3 rings (SSSR count). The summed E-state index contributed by atoms with van der Waals surface area (Å²) in [6.07, 6.45) is 6.32. The number of nitrogens with zero attached hydrogens (tertiary/aromatic N) is 2. The summed E-state index contributed by atoms with van der Waals surface area (Å²) in [5, 5.41) is 5.56. The van der Waals surface area contributed by atoms with Gasteiger partial charge in [0.05, 0.1) is 11.9 Å². The number of hydrogen-bond acceptors (Lipinski definition) is 4. The van der Waals surface area contributed by atoms with Gasteiger partial charge in [0, 0.05) is 6.20 Å². The Morgan fingerprint density at radius 2 is 2.12 bits per heavy atom. The molecule has 7 heteroatoms. The Morgan fingerprint density at radius 1 is 1.36 bits per heavy atom. The summed E-state index contributed by atoms with van der Waals surface area (Å²) in [6.45, 7) is 5.77. The van der Waals surface area contributed by atoms with Gasteiger partial charge in [-0.3, -0.25) is 19.5 Å². The third-order valence-electron chi connectivity index (χ3n) is 5.10. The fraction of sp³-hybridized carbons (Fsp3) is 0.556. The topological polar surface area (TPSA) is 91.4 Å². The van der Waals surface area contributed by atoms with Crippen LogP contribution in [0.3, 0.4) is 0 Å². The number of rotatable bonds is 3. The average molecular weight is 344 g/mol. The number of imide groups is 1. The predicted molar refractivity (Wildman–Crippen MR) is 92.8 cm³/mol. The number of amides is 4. The highest BCUT2D eigenvalue weighted by atomic mass is 16.2. The quantitative estimate of drug-likeness (QED) is 0.823. The molecular formula is C18H24N4O3. The number of nitrogens with one attached hydrogen (secondary N) is 2. The van der Waals surface area contributed by atoms with E-state index in [-0.39, 0.29) is 17.9 Å². The van der Waals surface area contributed by atoms with Gasteiger partial charge in [-0.25, -0.2) is 4.79 Å². The third-order valence-corrected chi connectivity index (χ3v) is 5.10. The molecule has 1 spiro atoms. The van der Waals surface area contributed by atoms with Crippen molar-refractivity contribution in [1.29, 1.82) is 0 Å². The highest BCUT2D eigenvalue weighted by molar-refractivity contribution is 6.10. The number of urea groups is 1. The van der Waals surface area contributed by atoms with Crippen LogP contribution in [-0.4, -0.2) is 39.8 Å². The molecule has 2 heterocycles. The zero-order chi connectivity index (χ0) is 18.2. The molecule has 0 aromatic carbocycles. The minimum atomic E-state index is -0.858. The van der Waals surface area contributed by atoms with E-state index in [1.54, 1.807) is 18.5 Å². The molecule has 0 bridgehead atoms. The molecular weight excluding hydrogens is 320 g/mol. The van der Waals surface area contributed by atoms with E-state index in [1.165, 1.54) is 0 Å². The largest absolute Gasteiger partial charge is 0.325 e. The molecule has 4 amide bonds. The van der Waals surface area contributed by atoms with Crippen molar-refractivity contribution in [2.45, 2.75) is 52.0 Å². The predicted octanol–water partition coefficient (Wildman–Crippen LogP) is 2.22. The second-order valence-electron chi connectivity index (χ2n) is 7.84. The maximum absolute atomic E-state index is 12.9. The van der Waals surface area contributed by atoms with Crippen LogP contribution in [0.25, 0.3) is 0 Å². The van der Waals surface area contributed by atoms with Gasteiger partial charge in [0.2, 0.25) is 5.91 Å². The molecule has 2 N–H and O–H groups in total. The summed E-state index contributed by atoms with van der Waals surface area (Å²) in [5.41, 5.74) is 0.578. The fourth-order valence-electron chi connectivity index (χ4n) is 3.90. The van der Waals surface area contributed by atoms with Crippen molar-refractivity contribution in [2.75, 3.05) is 11.9 Å². The van der Waals surface area contributed by atoms with Crippen LogP contribution in [0, 0.1) is 12.3 Å². The van der Waals surface area contributed by atoms with E-state index in [1.807, 2.05) is 6.92 Å². The highest BCUT2D eigenvalue weighted by Gasteiger charge is 2.54. The zero-order valence-electron chi connectivity index (χ0n) is 14.9. The number of carbonyl (C=O) groups is 3. The number of anilines is 1. The van der Waals surface area contributed by atoms with Crippen LogP contribution >= 0.6 is 0 Å². The van der Waals surface area contributed by atoms with E-state index < -0.39 is 17.5 Å². The maximum atomic E-state index is 12.9. The van der Waals surface area contributed by atoms with E-state index in [2.05, 4.69) is 29.5 Å². The third kappa shape index (κ3) is 3.36. The van der Waals surface area contributed by atoms with Gasteiger partial charge in [0.15, 0.2) is 0 Å². The van der Waals surface area contributed by atoms with Crippen LogP contribution in [-0.2, 0) is 9.59 Å². The average Bonchev–Trinajstić information content (AvgIpc) is 2.72. The van der Waals surface area contributed by atoms with E-state index in [0.717, 1.165) is 23.3 Å². The molecule has 25 heavy (non-hydrogen) atoms. The van der Waals surface area contributed by atoms with Crippen molar-refractivity contribution >= 4 is 23.5 Å². The first-order valence-electron chi connectivity index (χ1n) is 8.57. The van der Waals surface area contributed by atoms with Gasteiger partial charge in [-0.1, -0.05) is 20.3 Å². The van der Waals surface area contributed by atoms with Crippen LogP contribution < -0.4 is 10.6 Å². The second kappa shape index (κ2) is 6.13. The van der Waals surface area contributed by atoms with Crippen molar-refractivity contribution in [3.05, 3.63) is 24.0 Å². The lowest BCUT2D eigenvalue weighted by Gasteiger charge is -2.40. The summed E-state index contributed by atoms with van der Waals surface area (Å²) in [5.74, 6) is -0.699. The zero-order valence-corrected chi connectivity index (χ0v) is 14.9. The van der Waals surface area contributed by atoms with Crippen molar-refractivity contribution in [2.24, 2.45) is 5.41 Å². The van der Waals surface area contributed by atoms with Crippen molar-refractivity contribution < 1.29 is 14.4 Å². The van der Waals surface area contributed by atoms with Crippen LogP contribution in [0.1, 0.15) is 45.1 Å². The summed E-state index contributed by atoms with van der Waals surface area (Å²) in [7, 11) is 0. The number of pyridine rings is 1.